The third kappa shape index (κ3) is 3.01. The molecule has 5 rings (SSSR count). The van der Waals surface area contributed by atoms with E-state index in [4.69, 9.17) is 0 Å². The van der Waals surface area contributed by atoms with E-state index in [-0.39, 0.29) is 0 Å². The fourth-order valence-electron chi connectivity index (χ4n) is 3.92. The van der Waals surface area contributed by atoms with E-state index >= 15 is 0 Å². The molecule has 146 valence electrons. The largest absolute Gasteiger partial charge is 0.342 e. The third-order valence-electron chi connectivity index (χ3n) is 5.34. The highest BCUT2D eigenvalue weighted by Crippen LogP contribution is 2.24. The van der Waals surface area contributed by atoms with E-state index in [0.29, 0.717) is 11.1 Å². The first-order valence-electron chi connectivity index (χ1n) is 9.77. The zero-order chi connectivity index (χ0) is 20.7. The van der Waals surface area contributed by atoms with Gasteiger partial charge in [0, 0.05) is 29.2 Å². The molecule has 1 aromatic heterocycles. The molecule has 3 aromatic carbocycles. The van der Waals surface area contributed by atoms with Gasteiger partial charge in [0.2, 0.25) is 0 Å². The number of hydrogen-bond acceptors (Lipinski definition) is 3. The molecule has 0 radical (unpaired) electrons. The lowest BCUT2D eigenvalue weighted by Gasteiger charge is -2.06. The number of imide groups is 1. The van der Waals surface area contributed by atoms with Crippen LogP contribution in [0.3, 0.4) is 0 Å². The van der Waals surface area contributed by atoms with Gasteiger partial charge in [-0.25, -0.2) is 0 Å². The van der Waals surface area contributed by atoms with Crippen LogP contribution in [0.2, 0.25) is 0 Å². The summed E-state index contributed by atoms with van der Waals surface area (Å²) < 4.78 is 2.16. The number of aromatic nitrogens is 1. The van der Waals surface area contributed by atoms with Gasteiger partial charge in [-0.2, -0.15) is 10.1 Å². The van der Waals surface area contributed by atoms with Gasteiger partial charge in [0.1, 0.15) is 0 Å². The summed E-state index contributed by atoms with van der Waals surface area (Å²) in [6.45, 7) is 2.81. The number of aryl methyl sites for hydroxylation is 1. The Labute approximate surface area is 173 Å². The predicted octanol–water partition coefficient (Wildman–Crippen LogP) is 4.63. The van der Waals surface area contributed by atoms with Crippen LogP contribution in [0, 0.1) is 6.92 Å². The maximum atomic E-state index is 12.6. The normalized spacial score (nSPS) is 13.6. The van der Waals surface area contributed by atoms with Crippen LogP contribution in [-0.2, 0) is 6.54 Å². The minimum absolute atomic E-state index is 0.390. The van der Waals surface area contributed by atoms with Gasteiger partial charge in [-0.05, 0) is 30.7 Å². The number of benzene rings is 3. The average molecular weight is 393 g/mol. The Morgan fingerprint density at radius 3 is 2.30 bits per heavy atom. The summed E-state index contributed by atoms with van der Waals surface area (Å²) in [4.78, 5) is 25.1. The Morgan fingerprint density at radius 2 is 1.57 bits per heavy atom. The fourth-order valence-corrected chi connectivity index (χ4v) is 3.92. The number of hydrogen-bond donors (Lipinski definition) is 0. The maximum Gasteiger partial charge on any atom is 0.282 e. The summed E-state index contributed by atoms with van der Waals surface area (Å²) in [5, 5.41) is 6.21. The number of carbonyl (C=O) groups is 2. The molecule has 4 aromatic rings. The Hall–Kier alpha value is -3.99. The highest BCUT2D eigenvalue weighted by atomic mass is 16.2. The van der Waals surface area contributed by atoms with Gasteiger partial charge >= 0.3 is 0 Å². The number of fused-ring (bicyclic) bond motifs is 2. The fraction of sp³-hybridized carbons (Fsp3) is 0.0800. The summed E-state index contributed by atoms with van der Waals surface area (Å²) >= 11 is 0. The summed E-state index contributed by atoms with van der Waals surface area (Å²) in [7, 11) is 0. The smallest absolute Gasteiger partial charge is 0.282 e. The van der Waals surface area contributed by atoms with E-state index in [2.05, 4.69) is 46.9 Å². The van der Waals surface area contributed by atoms with Gasteiger partial charge in [0.05, 0.1) is 17.3 Å². The molecule has 30 heavy (non-hydrogen) atoms. The Bertz CT molecular complexity index is 1300. The van der Waals surface area contributed by atoms with Gasteiger partial charge < -0.3 is 4.57 Å². The Kier molecular flexibility index (Phi) is 4.29. The van der Waals surface area contributed by atoms with Gasteiger partial charge in [0.15, 0.2) is 0 Å². The van der Waals surface area contributed by atoms with Crippen molar-refractivity contribution in [2.45, 2.75) is 13.5 Å². The van der Waals surface area contributed by atoms with Crippen molar-refractivity contribution in [3.63, 3.8) is 0 Å². The second-order valence-corrected chi connectivity index (χ2v) is 7.43. The first-order valence-corrected chi connectivity index (χ1v) is 9.77. The Balaban J connectivity index is 1.50. The van der Waals surface area contributed by atoms with Crippen LogP contribution in [0.4, 0.5) is 0 Å². The minimum atomic E-state index is -0.393. The number of amides is 2. The summed E-state index contributed by atoms with van der Waals surface area (Å²) in [5.41, 5.74) is 5.14. The molecule has 0 aliphatic carbocycles. The molecule has 0 atom stereocenters. The standard InChI is InChI=1S/C25H19N3O2/c1-17-7-6-8-18(13-17)15-27-16-19(20-9-4-5-12-23(20)27)14-26-28-24(29)21-10-2-3-11-22(21)25(28)30/h2-14,16H,15H2,1H3/b26-14-. The van der Waals surface area contributed by atoms with E-state index in [0.717, 1.165) is 28.0 Å². The van der Waals surface area contributed by atoms with E-state index < -0.39 is 11.8 Å². The quantitative estimate of drug-likeness (QED) is 0.375. The van der Waals surface area contributed by atoms with E-state index in [1.54, 1.807) is 30.5 Å². The molecule has 5 nitrogen and oxygen atoms in total. The number of carbonyl (C=O) groups excluding carboxylic acids is 2. The van der Waals surface area contributed by atoms with Crippen molar-refractivity contribution >= 4 is 28.9 Å². The second-order valence-electron chi connectivity index (χ2n) is 7.43. The molecule has 1 aliphatic rings. The highest BCUT2D eigenvalue weighted by molar-refractivity contribution is 6.21. The molecule has 0 fully saturated rings. The van der Waals surface area contributed by atoms with E-state index in [1.165, 1.54) is 11.1 Å². The molecule has 2 heterocycles. The first kappa shape index (κ1) is 18.1. The molecule has 1 aliphatic heterocycles. The molecule has 0 saturated heterocycles. The van der Waals surface area contributed by atoms with Crippen molar-refractivity contribution in [1.82, 2.24) is 9.58 Å². The molecule has 0 saturated carbocycles. The monoisotopic (exact) mass is 393 g/mol. The molecule has 0 bridgehead atoms. The van der Waals surface area contributed by atoms with Crippen LogP contribution >= 0.6 is 0 Å². The van der Waals surface area contributed by atoms with Gasteiger partial charge in [0.25, 0.3) is 11.8 Å². The maximum absolute atomic E-state index is 12.6. The minimum Gasteiger partial charge on any atom is -0.342 e. The zero-order valence-electron chi connectivity index (χ0n) is 16.4. The topological polar surface area (TPSA) is 54.7 Å². The number of rotatable bonds is 4. The highest BCUT2D eigenvalue weighted by Gasteiger charge is 2.35. The summed E-state index contributed by atoms with van der Waals surface area (Å²) in [5.74, 6) is -0.786. The lowest BCUT2D eigenvalue weighted by molar-refractivity contribution is 0.0660. The lowest BCUT2D eigenvalue weighted by Crippen LogP contribution is -2.23. The predicted molar refractivity (Wildman–Crippen MR) is 117 cm³/mol. The van der Waals surface area contributed by atoms with Gasteiger partial charge in [-0.3, -0.25) is 9.59 Å². The zero-order valence-corrected chi connectivity index (χ0v) is 16.4. The first-order chi connectivity index (χ1) is 14.6. The van der Waals surface area contributed by atoms with E-state index in [1.807, 2.05) is 24.4 Å². The molecular formula is C25H19N3O2. The third-order valence-corrected chi connectivity index (χ3v) is 5.34. The van der Waals surface area contributed by atoms with Crippen molar-refractivity contribution in [2.75, 3.05) is 0 Å². The van der Waals surface area contributed by atoms with Crippen LogP contribution in [0.15, 0.2) is 84.1 Å². The number of hydrazone groups is 1. The van der Waals surface area contributed by atoms with Crippen LogP contribution in [0.5, 0.6) is 0 Å². The lowest BCUT2D eigenvalue weighted by atomic mass is 10.1. The Morgan fingerprint density at radius 1 is 0.867 bits per heavy atom. The van der Waals surface area contributed by atoms with Crippen molar-refractivity contribution in [3.8, 4) is 0 Å². The average Bonchev–Trinajstić information content (AvgIpc) is 3.22. The number of nitrogens with zero attached hydrogens (tertiary/aromatic N) is 3. The van der Waals surface area contributed by atoms with Crippen molar-refractivity contribution in [3.05, 3.63) is 107 Å². The van der Waals surface area contributed by atoms with Gasteiger partial charge in [-0.15, -0.1) is 0 Å². The van der Waals surface area contributed by atoms with Crippen LogP contribution in [0.25, 0.3) is 10.9 Å². The molecular weight excluding hydrogens is 374 g/mol. The summed E-state index contributed by atoms with van der Waals surface area (Å²) in [6.07, 6.45) is 3.60. The molecule has 0 N–H and O–H groups in total. The van der Waals surface area contributed by atoms with E-state index in [9.17, 15) is 9.59 Å². The van der Waals surface area contributed by atoms with Crippen LogP contribution in [-0.4, -0.2) is 27.6 Å². The van der Waals surface area contributed by atoms with Crippen molar-refractivity contribution in [2.24, 2.45) is 5.10 Å². The summed E-state index contributed by atoms with van der Waals surface area (Å²) in [6, 6.07) is 23.3. The molecule has 2 amide bonds. The van der Waals surface area contributed by atoms with Crippen molar-refractivity contribution in [1.29, 1.82) is 0 Å². The van der Waals surface area contributed by atoms with Crippen molar-refractivity contribution < 1.29 is 9.59 Å². The molecule has 0 unspecified atom stereocenters. The van der Waals surface area contributed by atoms with Crippen LogP contribution in [0.1, 0.15) is 37.4 Å². The molecule has 0 spiro atoms. The molecule has 5 heteroatoms. The number of para-hydroxylation sites is 1. The van der Waals surface area contributed by atoms with Crippen LogP contribution < -0.4 is 0 Å². The SMILES string of the molecule is Cc1cccc(Cn2cc(/C=N\N3C(=O)c4ccccc4C3=O)c3ccccc32)c1. The van der Waals surface area contributed by atoms with Gasteiger partial charge in [-0.1, -0.05) is 60.2 Å². The second kappa shape index (κ2) is 7.12.